The summed E-state index contributed by atoms with van der Waals surface area (Å²) in [5, 5.41) is 9.87. The van der Waals surface area contributed by atoms with Crippen molar-refractivity contribution in [2.75, 3.05) is 21.3 Å². The second kappa shape index (κ2) is 8.59. The molecule has 1 N–H and O–H groups in total. The second-order valence-electron chi connectivity index (χ2n) is 5.95. The van der Waals surface area contributed by atoms with Crippen molar-refractivity contribution in [3.05, 3.63) is 57.5 Å². The number of carbonyl (C=O) groups excluding carboxylic acids is 1. The van der Waals surface area contributed by atoms with E-state index in [2.05, 4.69) is 4.99 Å². The summed E-state index contributed by atoms with van der Waals surface area (Å²) in [6.45, 7) is 0. The van der Waals surface area contributed by atoms with E-state index in [1.807, 2.05) is 0 Å². The number of aliphatic imine (C=N–C) groups is 1. The Morgan fingerprint density at radius 3 is 2.38 bits per heavy atom. The van der Waals surface area contributed by atoms with Crippen LogP contribution in [0, 0.1) is 0 Å². The van der Waals surface area contributed by atoms with E-state index in [0.717, 1.165) is 0 Å². The van der Waals surface area contributed by atoms with E-state index in [-0.39, 0.29) is 11.5 Å². The minimum absolute atomic E-state index is 0.168. The Kier molecular flexibility index (Phi) is 6.14. The van der Waals surface area contributed by atoms with Crippen molar-refractivity contribution in [1.82, 2.24) is 4.90 Å². The third-order valence-corrected chi connectivity index (χ3v) is 5.52. The molecule has 0 bridgehead atoms. The van der Waals surface area contributed by atoms with Gasteiger partial charge in [-0.25, -0.2) is 9.79 Å². The standard InChI is InChI=1S/C20H17ClN2O5S/c1-23-18(24)17(9-12-8-15(27-2)16(28-3)10-14(12)21)29-20(23)22-13-6-4-11(5-7-13)19(25)26/h4-10H,1-3H3,(H,25,26). The van der Waals surface area contributed by atoms with Gasteiger partial charge in [0, 0.05) is 13.1 Å². The molecule has 7 nitrogen and oxygen atoms in total. The highest BCUT2D eigenvalue weighted by molar-refractivity contribution is 8.18. The molecule has 9 heteroatoms. The number of thioether (sulfide) groups is 1. The van der Waals surface area contributed by atoms with Gasteiger partial charge >= 0.3 is 5.97 Å². The lowest BCUT2D eigenvalue weighted by Gasteiger charge is -2.10. The molecule has 1 fully saturated rings. The number of rotatable bonds is 5. The highest BCUT2D eigenvalue weighted by Gasteiger charge is 2.30. The minimum atomic E-state index is -1.01. The highest BCUT2D eigenvalue weighted by Crippen LogP contribution is 2.38. The molecule has 1 heterocycles. The van der Waals surface area contributed by atoms with Crippen molar-refractivity contribution in [2.24, 2.45) is 4.99 Å². The summed E-state index contributed by atoms with van der Waals surface area (Å²) < 4.78 is 10.5. The van der Waals surface area contributed by atoms with Gasteiger partial charge in [-0.15, -0.1) is 0 Å². The molecular formula is C20H17ClN2O5S. The van der Waals surface area contributed by atoms with Gasteiger partial charge < -0.3 is 14.6 Å². The van der Waals surface area contributed by atoms with Crippen molar-refractivity contribution >= 4 is 52.2 Å². The first kappa shape index (κ1) is 20.8. The Labute approximate surface area is 176 Å². The molecule has 0 unspecified atom stereocenters. The second-order valence-corrected chi connectivity index (χ2v) is 7.37. The first-order chi connectivity index (χ1) is 13.8. The van der Waals surface area contributed by atoms with Crippen LogP contribution in [0.4, 0.5) is 5.69 Å². The topological polar surface area (TPSA) is 88.4 Å². The molecule has 2 aromatic rings. The number of hydrogen-bond acceptors (Lipinski definition) is 6. The number of halogens is 1. The van der Waals surface area contributed by atoms with Crippen LogP contribution >= 0.6 is 23.4 Å². The normalized spacial score (nSPS) is 16.6. The van der Waals surface area contributed by atoms with Crippen LogP contribution in [0.2, 0.25) is 5.02 Å². The zero-order chi connectivity index (χ0) is 21.1. The van der Waals surface area contributed by atoms with Crippen molar-refractivity contribution in [2.45, 2.75) is 0 Å². The SMILES string of the molecule is COc1cc(Cl)c(C=C2SC(=Nc3ccc(C(=O)O)cc3)N(C)C2=O)cc1OC. The summed E-state index contributed by atoms with van der Waals surface area (Å²) in [5.74, 6) is -0.236. The third-order valence-electron chi connectivity index (χ3n) is 4.13. The van der Waals surface area contributed by atoms with Crippen molar-refractivity contribution in [1.29, 1.82) is 0 Å². The van der Waals surface area contributed by atoms with E-state index in [9.17, 15) is 9.59 Å². The summed E-state index contributed by atoms with van der Waals surface area (Å²) in [6.07, 6.45) is 1.67. The lowest BCUT2D eigenvalue weighted by atomic mass is 10.1. The number of carbonyl (C=O) groups is 2. The van der Waals surface area contributed by atoms with E-state index in [1.54, 1.807) is 37.4 Å². The largest absolute Gasteiger partial charge is 0.493 e. The molecule has 1 saturated heterocycles. The highest BCUT2D eigenvalue weighted by atomic mass is 35.5. The van der Waals surface area contributed by atoms with Gasteiger partial charge in [0.05, 0.1) is 35.4 Å². The van der Waals surface area contributed by atoms with Crippen LogP contribution < -0.4 is 9.47 Å². The van der Waals surface area contributed by atoms with Crippen LogP contribution in [0.5, 0.6) is 11.5 Å². The zero-order valence-corrected chi connectivity index (χ0v) is 17.4. The van der Waals surface area contributed by atoms with E-state index in [1.165, 1.54) is 43.0 Å². The molecule has 1 aliphatic heterocycles. The number of amides is 1. The maximum Gasteiger partial charge on any atom is 0.335 e. The zero-order valence-electron chi connectivity index (χ0n) is 15.8. The molecule has 0 saturated carbocycles. The van der Waals surface area contributed by atoms with Gasteiger partial charge in [0.2, 0.25) is 0 Å². The number of benzene rings is 2. The van der Waals surface area contributed by atoms with Gasteiger partial charge in [-0.3, -0.25) is 9.69 Å². The predicted molar refractivity (Wildman–Crippen MR) is 113 cm³/mol. The first-order valence-corrected chi connectivity index (χ1v) is 9.54. The number of likely N-dealkylation sites (N-methyl/N-ethyl adjacent to an activating group) is 1. The summed E-state index contributed by atoms with van der Waals surface area (Å²) in [5.41, 5.74) is 1.32. The Morgan fingerprint density at radius 1 is 1.17 bits per heavy atom. The number of hydrogen-bond donors (Lipinski definition) is 1. The van der Waals surface area contributed by atoms with Crippen LogP contribution in [-0.4, -0.2) is 48.3 Å². The number of carboxylic acid groups (broad SMARTS) is 1. The van der Waals surface area contributed by atoms with Gasteiger partial charge in [0.1, 0.15) is 0 Å². The maximum absolute atomic E-state index is 12.6. The van der Waals surface area contributed by atoms with Gasteiger partial charge in [-0.05, 0) is 53.7 Å². The van der Waals surface area contributed by atoms with Crippen molar-refractivity contribution in [3.63, 3.8) is 0 Å². The number of carboxylic acids is 1. The summed E-state index contributed by atoms with van der Waals surface area (Å²) in [6, 6.07) is 9.42. The summed E-state index contributed by atoms with van der Waals surface area (Å²) >= 11 is 7.51. The molecule has 2 aromatic carbocycles. The molecule has 29 heavy (non-hydrogen) atoms. The molecule has 1 amide bonds. The average Bonchev–Trinajstić information content (AvgIpc) is 2.97. The summed E-state index contributed by atoms with van der Waals surface area (Å²) in [7, 11) is 4.66. The van der Waals surface area contributed by atoms with Crippen LogP contribution in [0.3, 0.4) is 0 Å². The van der Waals surface area contributed by atoms with Crippen molar-refractivity contribution < 1.29 is 24.2 Å². The maximum atomic E-state index is 12.6. The number of methoxy groups -OCH3 is 2. The average molecular weight is 433 g/mol. The summed E-state index contributed by atoms with van der Waals surface area (Å²) in [4.78, 5) is 29.9. The fourth-order valence-corrected chi connectivity index (χ4v) is 3.75. The monoisotopic (exact) mass is 432 g/mol. The third kappa shape index (κ3) is 4.38. The van der Waals surface area contributed by atoms with Gasteiger partial charge in [-0.1, -0.05) is 11.6 Å². The number of aromatic carboxylic acids is 1. The fourth-order valence-electron chi connectivity index (χ4n) is 2.56. The number of ether oxygens (including phenoxy) is 2. The molecule has 3 rings (SSSR count). The molecule has 0 radical (unpaired) electrons. The van der Waals surface area contributed by atoms with Gasteiger partial charge in [0.25, 0.3) is 5.91 Å². The molecule has 0 aliphatic carbocycles. The Hall–Kier alpha value is -2.97. The molecule has 1 aliphatic rings. The smallest absolute Gasteiger partial charge is 0.335 e. The van der Waals surface area contributed by atoms with E-state index < -0.39 is 5.97 Å². The number of nitrogens with zero attached hydrogens (tertiary/aromatic N) is 2. The quantitative estimate of drug-likeness (QED) is 0.709. The lowest BCUT2D eigenvalue weighted by molar-refractivity contribution is -0.121. The van der Waals surface area contributed by atoms with Crippen LogP contribution in [0.15, 0.2) is 46.3 Å². The number of amidine groups is 1. The molecule has 0 aromatic heterocycles. The molecule has 0 spiro atoms. The van der Waals surface area contributed by atoms with E-state index in [4.69, 9.17) is 26.2 Å². The van der Waals surface area contributed by atoms with Crippen LogP contribution in [-0.2, 0) is 4.79 Å². The molecule has 150 valence electrons. The molecular weight excluding hydrogens is 416 g/mol. The van der Waals surface area contributed by atoms with Gasteiger partial charge in [0.15, 0.2) is 16.7 Å². The Morgan fingerprint density at radius 2 is 1.79 bits per heavy atom. The minimum Gasteiger partial charge on any atom is -0.493 e. The van der Waals surface area contributed by atoms with E-state index in [0.29, 0.717) is 37.8 Å². The first-order valence-electron chi connectivity index (χ1n) is 8.35. The van der Waals surface area contributed by atoms with Crippen molar-refractivity contribution in [3.8, 4) is 11.5 Å². The van der Waals surface area contributed by atoms with Crippen LogP contribution in [0.25, 0.3) is 6.08 Å². The van der Waals surface area contributed by atoms with Crippen LogP contribution in [0.1, 0.15) is 15.9 Å². The van der Waals surface area contributed by atoms with E-state index >= 15 is 0 Å². The molecule has 0 atom stereocenters. The van der Waals surface area contributed by atoms with Gasteiger partial charge in [-0.2, -0.15) is 0 Å². The lowest BCUT2D eigenvalue weighted by Crippen LogP contribution is -2.23. The Balaban J connectivity index is 1.91. The predicted octanol–water partition coefficient (Wildman–Crippen LogP) is 4.29. The fraction of sp³-hybridized carbons (Fsp3) is 0.150. The Bertz CT molecular complexity index is 1030.